The van der Waals surface area contributed by atoms with Crippen LogP contribution in [0, 0.1) is 0 Å². The number of ether oxygens (including phenoxy) is 3. The van der Waals surface area contributed by atoms with Crippen molar-refractivity contribution in [2.24, 2.45) is 0 Å². The number of ketones is 1. The van der Waals surface area contributed by atoms with E-state index >= 15 is 0 Å². The van der Waals surface area contributed by atoms with E-state index < -0.39 is 6.10 Å². The Labute approximate surface area is 123 Å². The van der Waals surface area contributed by atoms with Gasteiger partial charge < -0.3 is 19.5 Å². The SMILES string of the molecule is COCCCNC(=O)C(C)Oc1ccc2c(c1)OCC2=O. The smallest absolute Gasteiger partial charge is 0.260 e. The number of fused-ring (bicyclic) bond motifs is 1. The summed E-state index contributed by atoms with van der Waals surface area (Å²) in [6.07, 6.45) is 0.131. The van der Waals surface area contributed by atoms with Gasteiger partial charge in [0.25, 0.3) is 5.91 Å². The predicted octanol–water partition coefficient (Wildman–Crippen LogP) is 1.18. The molecule has 1 atom stereocenters. The van der Waals surface area contributed by atoms with Gasteiger partial charge in [-0.1, -0.05) is 0 Å². The zero-order valence-corrected chi connectivity index (χ0v) is 12.2. The standard InChI is InChI=1S/C15H19NO5/c1-10(15(18)16-6-3-7-19-2)21-11-4-5-12-13(17)9-20-14(12)8-11/h4-5,8,10H,3,6-7,9H2,1-2H3,(H,16,18). The highest BCUT2D eigenvalue weighted by Crippen LogP contribution is 2.29. The summed E-state index contributed by atoms with van der Waals surface area (Å²) in [7, 11) is 1.62. The Morgan fingerprint density at radius 1 is 1.48 bits per heavy atom. The first-order valence-electron chi connectivity index (χ1n) is 6.85. The van der Waals surface area contributed by atoms with Crippen LogP contribution in [0.15, 0.2) is 18.2 Å². The van der Waals surface area contributed by atoms with Crippen molar-refractivity contribution in [1.82, 2.24) is 5.32 Å². The second-order valence-electron chi connectivity index (χ2n) is 4.77. The number of carbonyl (C=O) groups excluding carboxylic acids is 2. The average molecular weight is 293 g/mol. The number of nitrogens with one attached hydrogen (secondary N) is 1. The molecule has 1 aromatic rings. The van der Waals surface area contributed by atoms with Crippen LogP contribution in [0.25, 0.3) is 0 Å². The molecule has 0 aromatic heterocycles. The zero-order chi connectivity index (χ0) is 15.2. The molecule has 6 heteroatoms. The zero-order valence-electron chi connectivity index (χ0n) is 12.2. The van der Waals surface area contributed by atoms with Crippen LogP contribution in [0.4, 0.5) is 0 Å². The third-order valence-electron chi connectivity index (χ3n) is 3.12. The fraction of sp³-hybridized carbons (Fsp3) is 0.467. The average Bonchev–Trinajstić information content (AvgIpc) is 2.84. The monoisotopic (exact) mass is 293 g/mol. The number of Topliss-reactive ketones (excluding diaryl/α,β-unsaturated/α-hetero) is 1. The Balaban J connectivity index is 1.86. The normalized spacial score (nSPS) is 14.3. The minimum Gasteiger partial charge on any atom is -0.485 e. The summed E-state index contributed by atoms with van der Waals surface area (Å²) in [5.74, 6) is 0.775. The number of benzene rings is 1. The Morgan fingerprint density at radius 2 is 2.29 bits per heavy atom. The van der Waals surface area contributed by atoms with E-state index in [-0.39, 0.29) is 18.3 Å². The van der Waals surface area contributed by atoms with Crippen LogP contribution >= 0.6 is 0 Å². The van der Waals surface area contributed by atoms with E-state index in [9.17, 15) is 9.59 Å². The van der Waals surface area contributed by atoms with E-state index in [0.29, 0.717) is 30.2 Å². The van der Waals surface area contributed by atoms with Crippen molar-refractivity contribution in [2.75, 3.05) is 26.9 Å². The lowest BCUT2D eigenvalue weighted by Gasteiger charge is -2.15. The third kappa shape index (κ3) is 3.95. The Hall–Kier alpha value is -2.08. The van der Waals surface area contributed by atoms with Gasteiger partial charge in [-0.25, -0.2) is 0 Å². The van der Waals surface area contributed by atoms with Crippen LogP contribution in [-0.2, 0) is 9.53 Å². The fourth-order valence-corrected chi connectivity index (χ4v) is 1.98. The highest BCUT2D eigenvalue weighted by molar-refractivity contribution is 6.02. The third-order valence-corrected chi connectivity index (χ3v) is 3.12. The first-order chi connectivity index (χ1) is 10.1. The molecule has 2 rings (SSSR count). The number of rotatable bonds is 7. The molecule has 1 N–H and O–H groups in total. The van der Waals surface area contributed by atoms with Crippen LogP contribution in [-0.4, -0.2) is 44.7 Å². The van der Waals surface area contributed by atoms with Gasteiger partial charge in [-0.05, 0) is 25.5 Å². The number of carbonyl (C=O) groups is 2. The van der Waals surface area contributed by atoms with Crippen molar-refractivity contribution in [3.8, 4) is 11.5 Å². The molecule has 1 aliphatic heterocycles. The molecule has 0 radical (unpaired) electrons. The summed E-state index contributed by atoms with van der Waals surface area (Å²) in [6, 6.07) is 4.96. The van der Waals surface area contributed by atoms with Gasteiger partial charge in [0, 0.05) is 26.3 Å². The highest BCUT2D eigenvalue weighted by atomic mass is 16.5. The van der Waals surface area contributed by atoms with E-state index in [1.54, 1.807) is 32.2 Å². The maximum Gasteiger partial charge on any atom is 0.260 e. The van der Waals surface area contributed by atoms with Crippen molar-refractivity contribution < 1.29 is 23.8 Å². The number of hydrogen-bond donors (Lipinski definition) is 1. The molecule has 6 nitrogen and oxygen atoms in total. The molecule has 0 saturated heterocycles. The Bertz CT molecular complexity index is 529. The topological polar surface area (TPSA) is 73.9 Å². The molecule has 0 fully saturated rings. The van der Waals surface area contributed by atoms with Gasteiger partial charge in [0.05, 0.1) is 5.56 Å². The molecular weight excluding hydrogens is 274 g/mol. The molecule has 0 spiro atoms. The minimum absolute atomic E-state index is 0.0412. The van der Waals surface area contributed by atoms with Crippen LogP contribution in [0.2, 0.25) is 0 Å². The van der Waals surface area contributed by atoms with Crippen molar-refractivity contribution in [1.29, 1.82) is 0 Å². The number of hydrogen-bond acceptors (Lipinski definition) is 5. The van der Waals surface area contributed by atoms with Crippen molar-refractivity contribution in [3.05, 3.63) is 23.8 Å². The molecule has 0 bridgehead atoms. The fourth-order valence-electron chi connectivity index (χ4n) is 1.98. The Kier molecular flexibility index (Phi) is 5.16. The molecule has 1 aliphatic rings. The van der Waals surface area contributed by atoms with E-state index in [4.69, 9.17) is 14.2 Å². The number of methoxy groups -OCH3 is 1. The van der Waals surface area contributed by atoms with Crippen LogP contribution in [0.3, 0.4) is 0 Å². The van der Waals surface area contributed by atoms with Gasteiger partial charge in [-0.3, -0.25) is 9.59 Å². The summed E-state index contributed by atoms with van der Waals surface area (Å²) in [4.78, 5) is 23.3. The van der Waals surface area contributed by atoms with Gasteiger partial charge >= 0.3 is 0 Å². The summed E-state index contributed by atoms with van der Waals surface area (Å²) in [6.45, 7) is 2.88. The van der Waals surface area contributed by atoms with Gasteiger partial charge in [0.15, 0.2) is 12.7 Å². The maximum absolute atomic E-state index is 11.8. The first kappa shape index (κ1) is 15.3. The minimum atomic E-state index is -0.623. The second-order valence-corrected chi connectivity index (χ2v) is 4.77. The molecular formula is C15H19NO5. The number of amides is 1. The predicted molar refractivity (Wildman–Crippen MR) is 75.9 cm³/mol. The van der Waals surface area contributed by atoms with Crippen molar-refractivity contribution in [3.63, 3.8) is 0 Å². The van der Waals surface area contributed by atoms with Crippen LogP contribution < -0.4 is 14.8 Å². The lowest BCUT2D eigenvalue weighted by Crippen LogP contribution is -2.37. The highest BCUT2D eigenvalue weighted by Gasteiger charge is 2.22. The lowest BCUT2D eigenvalue weighted by molar-refractivity contribution is -0.127. The van der Waals surface area contributed by atoms with Gasteiger partial charge in [0.2, 0.25) is 5.78 Å². The van der Waals surface area contributed by atoms with Crippen LogP contribution in [0.5, 0.6) is 11.5 Å². The molecule has 1 aromatic carbocycles. The Morgan fingerprint density at radius 3 is 3.05 bits per heavy atom. The quantitative estimate of drug-likeness (QED) is 0.764. The summed E-state index contributed by atoms with van der Waals surface area (Å²) < 4.78 is 15.7. The van der Waals surface area contributed by atoms with E-state index in [1.807, 2.05) is 0 Å². The van der Waals surface area contributed by atoms with E-state index in [0.717, 1.165) is 6.42 Å². The summed E-state index contributed by atoms with van der Waals surface area (Å²) in [5, 5.41) is 2.77. The molecule has 1 heterocycles. The van der Waals surface area contributed by atoms with Gasteiger partial charge in [-0.15, -0.1) is 0 Å². The first-order valence-corrected chi connectivity index (χ1v) is 6.85. The molecule has 21 heavy (non-hydrogen) atoms. The van der Waals surface area contributed by atoms with Crippen molar-refractivity contribution >= 4 is 11.7 Å². The largest absolute Gasteiger partial charge is 0.485 e. The second kappa shape index (κ2) is 7.08. The maximum atomic E-state index is 11.8. The molecule has 1 unspecified atom stereocenters. The molecule has 1 amide bonds. The molecule has 0 aliphatic carbocycles. The van der Waals surface area contributed by atoms with E-state index in [2.05, 4.69) is 5.32 Å². The van der Waals surface area contributed by atoms with Crippen molar-refractivity contribution in [2.45, 2.75) is 19.4 Å². The summed E-state index contributed by atoms with van der Waals surface area (Å²) in [5.41, 5.74) is 0.555. The molecule has 0 saturated carbocycles. The van der Waals surface area contributed by atoms with Gasteiger partial charge in [0.1, 0.15) is 11.5 Å². The van der Waals surface area contributed by atoms with E-state index in [1.165, 1.54) is 0 Å². The van der Waals surface area contributed by atoms with Crippen LogP contribution in [0.1, 0.15) is 23.7 Å². The molecule has 114 valence electrons. The lowest BCUT2D eigenvalue weighted by atomic mass is 10.1. The van der Waals surface area contributed by atoms with Gasteiger partial charge in [-0.2, -0.15) is 0 Å². The summed E-state index contributed by atoms with van der Waals surface area (Å²) >= 11 is 0.